The number of hydrogen-bond acceptors (Lipinski definition) is 7. The van der Waals surface area contributed by atoms with E-state index in [4.69, 9.17) is 4.52 Å². The van der Waals surface area contributed by atoms with Gasteiger partial charge in [0.15, 0.2) is 5.82 Å². The molecule has 3 heterocycles. The van der Waals surface area contributed by atoms with E-state index in [9.17, 15) is 13.2 Å². The van der Waals surface area contributed by atoms with Crippen molar-refractivity contribution in [2.24, 2.45) is 0 Å². The van der Waals surface area contributed by atoms with E-state index in [1.165, 1.54) is 6.07 Å². The molecular weight excluding hydrogens is 352 g/mol. The SMILES string of the molecule is Cc1noc(CN2CCCCC(NS(=O)(=O)c3cccs3)C2=O)n1. The Morgan fingerprint density at radius 1 is 1.46 bits per heavy atom. The third kappa shape index (κ3) is 3.82. The van der Waals surface area contributed by atoms with Crippen LogP contribution in [0.2, 0.25) is 0 Å². The number of nitrogens with zero attached hydrogens (tertiary/aromatic N) is 3. The Balaban J connectivity index is 1.74. The summed E-state index contributed by atoms with van der Waals surface area (Å²) >= 11 is 1.12. The third-order valence-corrected chi connectivity index (χ3v) is 6.60. The van der Waals surface area contributed by atoms with E-state index in [1.807, 2.05) is 0 Å². The second kappa shape index (κ2) is 6.99. The van der Waals surface area contributed by atoms with Gasteiger partial charge in [-0.25, -0.2) is 8.42 Å². The molecule has 0 radical (unpaired) electrons. The number of aryl methyl sites for hydroxylation is 1. The fraction of sp³-hybridized carbons (Fsp3) is 0.500. The number of aromatic nitrogens is 2. The zero-order valence-electron chi connectivity index (χ0n) is 13.1. The molecule has 8 nitrogen and oxygen atoms in total. The maximum atomic E-state index is 12.7. The van der Waals surface area contributed by atoms with E-state index in [0.717, 1.165) is 24.2 Å². The van der Waals surface area contributed by atoms with Crippen LogP contribution >= 0.6 is 11.3 Å². The summed E-state index contributed by atoms with van der Waals surface area (Å²) in [6.45, 7) is 2.43. The maximum absolute atomic E-state index is 12.7. The summed E-state index contributed by atoms with van der Waals surface area (Å²) in [4.78, 5) is 18.4. The van der Waals surface area contributed by atoms with Crippen molar-refractivity contribution in [3.8, 4) is 0 Å². The second-order valence-electron chi connectivity index (χ2n) is 5.60. The molecule has 3 rings (SSSR count). The summed E-state index contributed by atoms with van der Waals surface area (Å²) in [6.07, 6.45) is 2.04. The van der Waals surface area contributed by atoms with Crippen molar-refractivity contribution in [3.63, 3.8) is 0 Å². The fourth-order valence-electron chi connectivity index (χ4n) is 2.60. The molecule has 0 bridgehead atoms. The van der Waals surface area contributed by atoms with Crippen molar-refractivity contribution in [1.82, 2.24) is 19.8 Å². The first-order valence-corrected chi connectivity index (χ1v) is 9.96. The van der Waals surface area contributed by atoms with Crippen LogP contribution in [0.3, 0.4) is 0 Å². The van der Waals surface area contributed by atoms with Gasteiger partial charge in [-0.1, -0.05) is 11.2 Å². The van der Waals surface area contributed by atoms with Crippen LogP contribution in [0.5, 0.6) is 0 Å². The molecule has 1 aliphatic rings. The molecule has 2 aromatic heterocycles. The number of likely N-dealkylation sites (tertiary alicyclic amines) is 1. The fourth-order valence-corrected chi connectivity index (χ4v) is 4.83. The highest BCUT2D eigenvalue weighted by Crippen LogP contribution is 2.20. The molecule has 0 saturated carbocycles. The van der Waals surface area contributed by atoms with Gasteiger partial charge in [-0.05, 0) is 37.6 Å². The van der Waals surface area contributed by atoms with Crippen LogP contribution in [-0.4, -0.2) is 42.0 Å². The average Bonchev–Trinajstić information content (AvgIpc) is 3.17. The van der Waals surface area contributed by atoms with Crippen molar-refractivity contribution in [2.75, 3.05) is 6.54 Å². The minimum absolute atomic E-state index is 0.191. The molecule has 1 unspecified atom stereocenters. The molecule has 10 heteroatoms. The molecule has 1 amide bonds. The van der Waals surface area contributed by atoms with Crippen LogP contribution in [0, 0.1) is 6.92 Å². The highest BCUT2D eigenvalue weighted by atomic mass is 32.2. The first-order chi connectivity index (χ1) is 11.5. The van der Waals surface area contributed by atoms with Crippen molar-refractivity contribution in [3.05, 3.63) is 29.2 Å². The summed E-state index contributed by atoms with van der Waals surface area (Å²) < 4.78 is 32.6. The molecule has 0 aromatic carbocycles. The smallest absolute Gasteiger partial charge is 0.250 e. The number of nitrogens with one attached hydrogen (secondary N) is 1. The first-order valence-electron chi connectivity index (χ1n) is 7.59. The minimum Gasteiger partial charge on any atom is -0.337 e. The van der Waals surface area contributed by atoms with Gasteiger partial charge in [-0.3, -0.25) is 4.79 Å². The van der Waals surface area contributed by atoms with E-state index in [2.05, 4.69) is 14.9 Å². The molecular formula is C14H18N4O4S2. The van der Waals surface area contributed by atoms with Gasteiger partial charge in [0.25, 0.3) is 10.0 Å². The zero-order valence-corrected chi connectivity index (χ0v) is 14.8. The largest absolute Gasteiger partial charge is 0.337 e. The van der Waals surface area contributed by atoms with Crippen LogP contribution < -0.4 is 4.72 Å². The molecule has 2 aromatic rings. The van der Waals surface area contributed by atoms with Crippen molar-refractivity contribution < 1.29 is 17.7 Å². The Bertz CT molecular complexity index is 801. The predicted octanol–water partition coefficient (Wildman–Crippen LogP) is 1.30. The highest BCUT2D eigenvalue weighted by Gasteiger charge is 2.32. The molecule has 0 spiro atoms. The quantitative estimate of drug-likeness (QED) is 0.850. The van der Waals surface area contributed by atoms with E-state index < -0.39 is 16.1 Å². The number of amides is 1. The lowest BCUT2D eigenvalue weighted by Crippen LogP contribution is -2.47. The Hall–Kier alpha value is -1.78. The second-order valence-corrected chi connectivity index (χ2v) is 8.49. The Kier molecular flexibility index (Phi) is 4.97. The number of thiophene rings is 1. The Morgan fingerprint density at radius 2 is 2.29 bits per heavy atom. The molecule has 1 atom stereocenters. The van der Waals surface area contributed by atoms with Crippen LogP contribution in [-0.2, 0) is 21.4 Å². The summed E-state index contributed by atoms with van der Waals surface area (Å²) in [6, 6.07) is 2.41. The van der Waals surface area contributed by atoms with Gasteiger partial charge in [0.05, 0.1) is 0 Å². The number of carbonyl (C=O) groups is 1. The lowest BCUT2D eigenvalue weighted by molar-refractivity contribution is -0.133. The zero-order chi connectivity index (χ0) is 17.2. The van der Waals surface area contributed by atoms with Gasteiger partial charge in [-0.15, -0.1) is 11.3 Å². The number of hydrogen-bond donors (Lipinski definition) is 1. The number of rotatable bonds is 5. The normalized spacial score (nSPS) is 19.5. The molecule has 1 N–H and O–H groups in total. The van der Waals surface area contributed by atoms with Gasteiger partial charge >= 0.3 is 0 Å². The average molecular weight is 370 g/mol. The van der Waals surface area contributed by atoms with Crippen LogP contribution in [0.4, 0.5) is 0 Å². The maximum Gasteiger partial charge on any atom is 0.250 e. The van der Waals surface area contributed by atoms with Crippen LogP contribution in [0.25, 0.3) is 0 Å². The van der Waals surface area contributed by atoms with Gasteiger partial charge in [0.2, 0.25) is 11.8 Å². The minimum atomic E-state index is -3.69. The standard InChI is InChI=1S/C14H18N4O4S2/c1-10-15-12(22-16-10)9-18-7-3-2-5-11(14(18)19)17-24(20,21)13-6-4-8-23-13/h4,6,8,11,17H,2-3,5,7,9H2,1H3. The van der Waals surface area contributed by atoms with Gasteiger partial charge in [-0.2, -0.15) is 9.71 Å². The van der Waals surface area contributed by atoms with Gasteiger partial charge in [0, 0.05) is 6.54 Å². The van der Waals surface area contributed by atoms with E-state index in [-0.39, 0.29) is 16.7 Å². The molecule has 130 valence electrons. The highest BCUT2D eigenvalue weighted by molar-refractivity contribution is 7.91. The number of carbonyl (C=O) groups excluding carboxylic acids is 1. The van der Waals surface area contributed by atoms with E-state index in [0.29, 0.717) is 24.7 Å². The number of sulfonamides is 1. The van der Waals surface area contributed by atoms with Crippen LogP contribution in [0.1, 0.15) is 31.0 Å². The lowest BCUT2D eigenvalue weighted by Gasteiger charge is -2.23. The predicted molar refractivity (Wildman–Crippen MR) is 86.7 cm³/mol. The Morgan fingerprint density at radius 3 is 2.96 bits per heavy atom. The lowest BCUT2D eigenvalue weighted by atomic mass is 10.1. The molecule has 1 saturated heterocycles. The van der Waals surface area contributed by atoms with Crippen molar-refractivity contribution in [1.29, 1.82) is 0 Å². The molecule has 0 aliphatic carbocycles. The summed E-state index contributed by atoms with van der Waals surface area (Å²) in [7, 11) is -3.69. The van der Waals surface area contributed by atoms with Crippen molar-refractivity contribution in [2.45, 2.75) is 43.0 Å². The van der Waals surface area contributed by atoms with E-state index >= 15 is 0 Å². The Labute approximate surface area is 143 Å². The molecule has 1 aliphatic heterocycles. The summed E-state index contributed by atoms with van der Waals surface area (Å²) in [5, 5.41) is 5.40. The van der Waals surface area contributed by atoms with Crippen molar-refractivity contribution >= 4 is 27.3 Å². The van der Waals surface area contributed by atoms with Crippen LogP contribution in [0.15, 0.2) is 26.2 Å². The van der Waals surface area contributed by atoms with Gasteiger partial charge in [0.1, 0.15) is 16.8 Å². The topological polar surface area (TPSA) is 105 Å². The first kappa shape index (κ1) is 17.1. The third-order valence-electron chi connectivity index (χ3n) is 3.73. The summed E-state index contributed by atoms with van der Waals surface area (Å²) in [5.74, 6) is 0.591. The molecule has 24 heavy (non-hydrogen) atoms. The molecule has 1 fully saturated rings. The monoisotopic (exact) mass is 370 g/mol. The van der Waals surface area contributed by atoms with Gasteiger partial charge < -0.3 is 9.42 Å². The van der Waals surface area contributed by atoms with E-state index in [1.54, 1.807) is 23.3 Å². The summed E-state index contributed by atoms with van der Waals surface area (Å²) in [5.41, 5.74) is 0.